The lowest BCUT2D eigenvalue weighted by atomic mass is 10.1. The molecule has 10 heteroatoms. The highest BCUT2D eigenvalue weighted by Crippen LogP contribution is 2.34. The maximum atomic E-state index is 13.1. The van der Waals surface area contributed by atoms with Gasteiger partial charge in [0, 0.05) is 5.56 Å². The predicted octanol–water partition coefficient (Wildman–Crippen LogP) is 5.66. The van der Waals surface area contributed by atoms with Crippen molar-refractivity contribution in [2.75, 3.05) is 0 Å². The second-order valence-electron chi connectivity index (χ2n) is 5.88. The zero-order valence-corrected chi connectivity index (χ0v) is 15.5. The molecule has 2 heterocycles. The summed E-state index contributed by atoms with van der Waals surface area (Å²) in [6, 6.07) is 14.2. The van der Waals surface area contributed by atoms with Gasteiger partial charge >= 0.3 is 6.18 Å². The fourth-order valence-corrected chi connectivity index (χ4v) is 3.19. The first-order valence-electron chi connectivity index (χ1n) is 8.00. The van der Waals surface area contributed by atoms with Crippen molar-refractivity contribution in [1.29, 1.82) is 0 Å². The van der Waals surface area contributed by atoms with Crippen LogP contribution in [0.5, 0.6) is 0 Å². The predicted molar refractivity (Wildman–Crippen MR) is 102 cm³/mol. The van der Waals surface area contributed by atoms with E-state index in [2.05, 4.69) is 20.4 Å². The summed E-state index contributed by atoms with van der Waals surface area (Å²) in [7, 11) is 0. The highest BCUT2D eigenvalue weighted by atomic mass is 35.5. The van der Waals surface area contributed by atoms with Gasteiger partial charge in [0.25, 0.3) is 0 Å². The number of aromatic nitrogens is 5. The minimum Gasteiger partial charge on any atom is -0.274 e. The number of benzene rings is 2. The van der Waals surface area contributed by atoms with Crippen LogP contribution in [0.25, 0.3) is 28.5 Å². The lowest BCUT2D eigenvalue weighted by molar-refractivity contribution is -0.137. The number of halogens is 4. The largest absolute Gasteiger partial charge is 0.416 e. The van der Waals surface area contributed by atoms with Crippen LogP contribution in [0.2, 0.25) is 5.02 Å². The van der Waals surface area contributed by atoms with Crippen molar-refractivity contribution in [1.82, 2.24) is 25.0 Å². The van der Waals surface area contributed by atoms with Crippen molar-refractivity contribution in [3.8, 4) is 28.5 Å². The lowest BCUT2D eigenvalue weighted by Crippen LogP contribution is -2.07. The van der Waals surface area contributed by atoms with E-state index in [1.165, 1.54) is 10.6 Å². The molecule has 0 aliphatic carbocycles. The second kappa shape index (κ2) is 6.92. The molecule has 0 spiro atoms. The Morgan fingerprint density at radius 1 is 0.964 bits per heavy atom. The number of nitrogens with one attached hydrogen (secondary N) is 2. The molecule has 0 atom stereocenters. The van der Waals surface area contributed by atoms with Gasteiger partial charge in [-0.3, -0.25) is 14.8 Å². The first-order chi connectivity index (χ1) is 13.3. The highest BCUT2D eigenvalue weighted by Gasteiger charge is 2.31. The minimum atomic E-state index is -4.51. The van der Waals surface area contributed by atoms with Gasteiger partial charge in [0.15, 0.2) is 10.6 Å². The van der Waals surface area contributed by atoms with E-state index in [1.807, 2.05) is 30.3 Å². The van der Waals surface area contributed by atoms with Crippen LogP contribution < -0.4 is 0 Å². The third kappa shape index (κ3) is 3.34. The summed E-state index contributed by atoms with van der Waals surface area (Å²) in [5.74, 6) is 0.265. The minimum absolute atomic E-state index is 0.0705. The monoisotopic (exact) mass is 421 g/mol. The normalized spacial score (nSPS) is 11.7. The van der Waals surface area contributed by atoms with Crippen LogP contribution in [-0.2, 0) is 6.18 Å². The Kier molecular flexibility index (Phi) is 4.56. The first kappa shape index (κ1) is 18.5. The van der Waals surface area contributed by atoms with E-state index in [1.54, 1.807) is 6.07 Å². The molecular weight excluding hydrogens is 411 g/mol. The average Bonchev–Trinajstić information content (AvgIpc) is 3.29. The SMILES string of the molecule is FC(F)(F)c1ccc(Cl)c(-n2c(-c3cc(-c4ccccc4)n[nH]3)n[nH]c2=S)c1. The van der Waals surface area contributed by atoms with E-state index in [-0.39, 0.29) is 21.3 Å². The number of nitrogens with zero attached hydrogens (tertiary/aromatic N) is 3. The van der Waals surface area contributed by atoms with Gasteiger partial charge in [0.2, 0.25) is 0 Å². The maximum absolute atomic E-state index is 13.1. The van der Waals surface area contributed by atoms with Crippen LogP contribution in [0.4, 0.5) is 13.2 Å². The molecule has 2 aromatic carbocycles. The number of hydrogen-bond acceptors (Lipinski definition) is 3. The van der Waals surface area contributed by atoms with Crippen molar-refractivity contribution in [2.24, 2.45) is 0 Å². The number of hydrogen-bond donors (Lipinski definition) is 2. The van der Waals surface area contributed by atoms with Gasteiger partial charge < -0.3 is 0 Å². The number of aromatic amines is 2. The summed E-state index contributed by atoms with van der Waals surface area (Å²) >= 11 is 11.4. The van der Waals surface area contributed by atoms with E-state index in [4.69, 9.17) is 23.8 Å². The molecule has 0 aliphatic rings. The molecule has 2 N–H and O–H groups in total. The number of rotatable bonds is 3. The average molecular weight is 422 g/mol. The standard InChI is InChI=1S/C18H11ClF3N5S/c19-12-7-6-11(18(20,21)22)8-15(12)27-16(25-26-17(27)28)14-9-13(23-24-14)10-4-2-1-3-5-10/h1-9H,(H,23,24)(H,26,28). The lowest BCUT2D eigenvalue weighted by Gasteiger charge is -2.12. The van der Waals surface area contributed by atoms with Crippen molar-refractivity contribution < 1.29 is 13.2 Å². The summed E-state index contributed by atoms with van der Waals surface area (Å²) < 4.78 is 40.9. The van der Waals surface area contributed by atoms with E-state index >= 15 is 0 Å². The molecule has 2 aromatic heterocycles. The van der Waals surface area contributed by atoms with Gasteiger partial charge in [0.05, 0.1) is 22.0 Å². The highest BCUT2D eigenvalue weighted by molar-refractivity contribution is 7.71. The van der Waals surface area contributed by atoms with Crippen molar-refractivity contribution >= 4 is 23.8 Å². The molecule has 0 aliphatic heterocycles. The summed E-state index contributed by atoms with van der Waals surface area (Å²) in [6.07, 6.45) is -4.51. The number of H-pyrrole nitrogens is 2. The van der Waals surface area contributed by atoms with E-state index in [0.29, 0.717) is 11.4 Å². The van der Waals surface area contributed by atoms with E-state index in [0.717, 1.165) is 17.7 Å². The molecule has 142 valence electrons. The van der Waals surface area contributed by atoms with E-state index < -0.39 is 11.7 Å². The van der Waals surface area contributed by atoms with Gasteiger partial charge in [0.1, 0.15) is 5.69 Å². The molecule has 0 saturated carbocycles. The molecule has 0 fully saturated rings. The van der Waals surface area contributed by atoms with E-state index in [9.17, 15) is 13.2 Å². The zero-order chi connectivity index (χ0) is 19.9. The molecule has 4 rings (SSSR count). The molecular formula is C18H11ClF3N5S. The molecule has 0 amide bonds. The van der Waals surface area contributed by atoms with Gasteiger partial charge in [-0.25, -0.2) is 0 Å². The van der Waals surface area contributed by atoms with Crippen LogP contribution >= 0.6 is 23.8 Å². The van der Waals surface area contributed by atoms with Gasteiger partial charge in [-0.05, 0) is 36.5 Å². The van der Waals surface area contributed by atoms with Crippen LogP contribution in [0.1, 0.15) is 5.56 Å². The molecule has 5 nitrogen and oxygen atoms in total. The van der Waals surface area contributed by atoms with Crippen molar-refractivity contribution in [2.45, 2.75) is 6.18 Å². The Morgan fingerprint density at radius 3 is 2.43 bits per heavy atom. The Hall–Kier alpha value is -2.91. The van der Waals surface area contributed by atoms with Crippen molar-refractivity contribution in [3.63, 3.8) is 0 Å². The molecule has 0 saturated heterocycles. The van der Waals surface area contributed by atoms with Crippen LogP contribution in [0, 0.1) is 4.77 Å². The van der Waals surface area contributed by atoms with Crippen LogP contribution in [-0.4, -0.2) is 25.0 Å². The summed E-state index contributed by atoms with van der Waals surface area (Å²) in [5.41, 5.74) is 1.24. The molecule has 0 bridgehead atoms. The van der Waals surface area contributed by atoms with Gasteiger partial charge in [-0.1, -0.05) is 41.9 Å². The first-order valence-corrected chi connectivity index (χ1v) is 8.79. The molecule has 4 aromatic rings. The summed E-state index contributed by atoms with van der Waals surface area (Å²) in [6.45, 7) is 0. The Balaban J connectivity index is 1.84. The Labute approximate surface area is 166 Å². The third-order valence-electron chi connectivity index (χ3n) is 4.08. The smallest absolute Gasteiger partial charge is 0.274 e. The molecule has 0 radical (unpaired) electrons. The quantitative estimate of drug-likeness (QED) is 0.419. The maximum Gasteiger partial charge on any atom is 0.416 e. The zero-order valence-electron chi connectivity index (χ0n) is 14.0. The summed E-state index contributed by atoms with van der Waals surface area (Å²) in [4.78, 5) is 0. The topological polar surface area (TPSA) is 62.3 Å². The van der Waals surface area contributed by atoms with Crippen LogP contribution in [0.15, 0.2) is 54.6 Å². The third-order valence-corrected chi connectivity index (χ3v) is 4.67. The fourth-order valence-electron chi connectivity index (χ4n) is 2.75. The van der Waals surface area contributed by atoms with Gasteiger partial charge in [-0.2, -0.15) is 23.4 Å². The number of alkyl halides is 3. The van der Waals surface area contributed by atoms with Crippen LogP contribution in [0.3, 0.4) is 0 Å². The van der Waals surface area contributed by atoms with Crippen molar-refractivity contribution in [3.05, 3.63) is 70.0 Å². The molecule has 28 heavy (non-hydrogen) atoms. The Morgan fingerprint density at radius 2 is 1.71 bits per heavy atom. The fraction of sp³-hybridized carbons (Fsp3) is 0.0556. The molecule has 0 unspecified atom stereocenters. The Bertz CT molecular complexity index is 1190. The van der Waals surface area contributed by atoms with Gasteiger partial charge in [-0.15, -0.1) is 0 Å². The second-order valence-corrected chi connectivity index (χ2v) is 6.68. The summed E-state index contributed by atoms with van der Waals surface area (Å²) in [5, 5.41) is 13.9.